The van der Waals surface area contributed by atoms with Gasteiger partial charge in [0.15, 0.2) is 0 Å². The number of pyridine rings is 1. The molecule has 1 rings (SSSR count). The highest BCUT2D eigenvalue weighted by Gasteiger charge is 2.33. The van der Waals surface area contributed by atoms with Crippen LogP contribution in [-0.4, -0.2) is 47.5 Å². The summed E-state index contributed by atoms with van der Waals surface area (Å²) < 4.78 is 42.4. The second-order valence-electron chi connectivity index (χ2n) is 4.22. The highest BCUT2D eigenvalue weighted by atomic mass is 19.4. The van der Waals surface area contributed by atoms with Gasteiger partial charge in [0.25, 0.3) is 0 Å². The van der Waals surface area contributed by atoms with Crippen LogP contribution in [0, 0.1) is 0 Å². The lowest BCUT2D eigenvalue weighted by Crippen LogP contribution is -2.20. The minimum Gasteiger partial charge on any atom is -0.478 e. The van der Waals surface area contributed by atoms with Crippen LogP contribution in [0.5, 0.6) is 0 Å². The number of aliphatic hydroxyl groups is 1. The smallest absolute Gasteiger partial charge is 0.433 e. The molecule has 1 aromatic heterocycles. The molecule has 1 heterocycles. The molecule has 0 aromatic carbocycles. The topological polar surface area (TPSA) is 91.7 Å². The second-order valence-corrected chi connectivity index (χ2v) is 4.22. The first-order chi connectivity index (χ1) is 9.75. The second kappa shape index (κ2) is 7.23. The van der Waals surface area contributed by atoms with Gasteiger partial charge < -0.3 is 20.3 Å². The number of carbonyl (C=O) groups is 1. The Morgan fingerprint density at radius 2 is 2.14 bits per heavy atom. The number of ether oxygens (including phenoxy) is 1. The summed E-state index contributed by atoms with van der Waals surface area (Å²) in [4.78, 5) is 14.2. The van der Waals surface area contributed by atoms with E-state index in [2.05, 4.69) is 10.3 Å². The maximum atomic E-state index is 12.6. The van der Waals surface area contributed by atoms with Crippen LogP contribution >= 0.6 is 0 Å². The van der Waals surface area contributed by atoms with E-state index in [1.807, 2.05) is 0 Å². The van der Waals surface area contributed by atoms with Gasteiger partial charge in [0.2, 0.25) is 0 Å². The molecule has 0 saturated heterocycles. The fourth-order valence-electron chi connectivity index (χ4n) is 1.56. The van der Waals surface area contributed by atoms with Crippen LogP contribution in [0.4, 0.5) is 19.0 Å². The molecule has 0 aliphatic heterocycles. The van der Waals surface area contributed by atoms with Crippen LogP contribution in [0.25, 0.3) is 0 Å². The van der Waals surface area contributed by atoms with Gasteiger partial charge >= 0.3 is 12.1 Å². The van der Waals surface area contributed by atoms with Gasteiger partial charge in [-0.15, -0.1) is 0 Å². The quantitative estimate of drug-likeness (QED) is 0.709. The number of hydrogen-bond acceptors (Lipinski definition) is 5. The van der Waals surface area contributed by atoms with E-state index in [9.17, 15) is 23.1 Å². The van der Waals surface area contributed by atoms with E-state index in [0.717, 1.165) is 6.07 Å². The summed E-state index contributed by atoms with van der Waals surface area (Å²) in [5, 5.41) is 20.8. The number of nitrogens with zero attached hydrogens (tertiary/aromatic N) is 1. The first-order valence-corrected chi connectivity index (χ1v) is 5.98. The fraction of sp³-hybridized carbons (Fsp3) is 0.500. The van der Waals surface area contributed by atoms with E-state index in [-0.39, 0.29) is 31.0 Å². The zero-order chi connectivity index (χ0) is 16.0. The molecular weight excluding hydrogens is 293 g/mol. The number of aliphatic hydroxyl groups excluding tert-OH is 1. The number of aromatic carboxylic acids is 1. The van der Waals surface area contributed by atoms with Crippen molar-refractivity contribution in [2.45, 2.75) is 18.7 Å². The van der Waals surface area contributed by atoms with E-state index in [1.54, 1.807) is 0 Å². The summed E-state index contributed by atoms with van der Waals surface area (Å²) in [7, 11) is 1.40. The minimum atomic E-state index is -4.66. The average molecular weight is 308 g/mol. The number of hydrogen-bond donors (Lipinski definition) is 3. The molecule has 0 radical (unpaired) electrons. The van der Waals surface area contributed by atoms with Crippen molar-refractivity contribution in [2.24, 2.45) is 0 Å². The molecular formula is C12H15F3N2O4. The van der Waals surface area contributed by atoms with Gasteiger partial charge in [0.05, 0.1) is 12.7 Å². The van der Waals surface area contributed by atoms with Gasteiger partial charge in [-0.3, -0.25) is 0 Å². The van der Waals surface area contributed by atoms with E-state index in [4.69, 9.17) is 9.84 Å². The van der Waals surface area contributed by atoms with Gasteiger partial charge in [-0.1, -0.05) is 0 Å². The van der Waals surface area contributed by atoms with E-state index < -0.39 is 23.9 Å². The molecule has 1 unspecified atom stereocenters. The Labute approximate surface area is 118 Å². The molecule has 118 valence electrons. The van der Waals surface area contributed by atoms with E-state index in [1.165, 1.54) is 7.11 Å². The molecule has 0 fully saturated rings. The maximum absolute atomic E-state index is 12.6. The number of carboxylic acids is 1. The Kier molecular flexibility index (Phi) is 5.91. The van der Waals surface area contributed by atoms with Crippen molar-refractivity contribution >= 4 is 11.8 Å². The Morgan fingerprint density at radius 3 is 2.67 bits per heavy atom. The van der Waals surface area contributed by atoms with Crippen molar-refractivity contribution in [1.82, 2.24) is 4.98 Å². The first-order valence-electron chi connectivity index (χ1n) is 5.98. The van der Waals surface area contributed by atoms with Crippen LogP contribution in [0.1, 0.15) is 22.5 Å². The van der Waals surface area contributed by atoms with Crippen molar-refractivity contribution in [2.75, 3.05) is 25.6 Å². The van der Waals surface area contributed by atoms with Crippen LogP contribution < -0.4 is 5.32 Å². The van der Waals surface area contributed by atoms with Crippen molar-refractivity contribution in [3.8, 4) is 0 Å². The summed E-state index contributed by atoms with van der Waals surface area (Å²) in [5.41, 5.74) is -1.56. The largest absolute Gasteiger partial charge is 0.478 e. The third kappa shape index (κ3) is 5.20. The minimum absolute atomic E-state index is 0.0547. The van der Waals surface area contributed by atoms with Crippen LogP contribution in [0.15, 0.2) is 12.1 Å². The average Bonchev–Trinajstić information content (AvgIpc) is 2.37. The SMILES string of the molecule is COCC(O)CCNc1nc(C(F)(F)F)ccc1C(=O)O. The number of nitrogens with one attached hydrogen (secondary N) is 1. The van der Waals surface area contributed by atoms with Crippen molar-refractivity contribution in [1.29, 1.82) is 0 Å². The number of alkyl halides is 3. The van der Waals surface area contributed by atoms with Gasteiger partial charge in [-0.25, -0.2) is 9.78 Å². The van der Waals surface area contributed by atoms with Crippen LogP contribution in [0.2, 0.25) is 0 Å². The highest BCUT2D eigenvalue weighted by Crippen LogP contribution is 2.29. The van der Waals surface area contributed by atoms with Crippen molar-refractivity contribution < 1.29 is 32.9 Å². The van der Waals surface area contributed by atoms with Crippen molar-refractivity contribution in [3.05, 3.63) is 23.4 Å². The lowest BCUT2D eigenvalue weighted by Gasteiger charge is -2.13. The molecule has 1 atom stereocenters. The number of methoxy groups -OCH3 is 1. The molecule has 0 saturated carbocycles. The zero-order valence-corrected chi connectivity index (χ0v) is 11.1. The number of aromatic nitrogens is 1. The molecule has 3 N–H and O–H groups in total. The summed E-state index contributed by atoms with van der Waals surface area (Å²) in [6, 6.07) is 1.44. The monoisotopic (exact) mass is 308 g/mol. The Morgan fingerprint density at radius 1 is 1.48 bits per heavy atom. The fourth-order valence-corrected chi connectivity index (χ4v) is 1.56. The lowest BCUT2D eigenvalue weighted by atomic mass is 10.2. The number of anilines is 1. The third-order valence-corrected chi connectivity index (χ3v) is 2.55. The molecule has 9 heteroatoms. The Bertz CT molecular complexity index is 494. The molecule has 6 nitrogen and oxygen atoms in total. The summed E-state index contributed by atoms with van der Waals surface area (Å²) in [6.45, 7) is 0.128. The first kappa shape index (κ1) is 17.2. The van der Waals surface area contributed by atoms with Gasteiger partial charge in [0, 0.05) is 13.7 Å². The number of halogens is 3. The standard InChI is InChI=1S/C12H15F3N2O4/c1-21-6-7(18)4-5-16-10-8(11(19)20)2-3-9(17-10)12(13,14)15/h2-3,7,18H,4-6H2,1H3,(H,16,17)(H,19,20). The molecule has 21 heavy (non-hydrogen) atoms. The molecule has 0 bridgehead atoms. The van der Waals surface area contributed by atoms with Crippen LogP contribution in [-0.2, 0) is 10.9 Å². The molecule has 1 aromatic rings. The number of rotatable bonds is 7. The highest BCUT2D eigenvalue weighted by molar-refractivity contribution is 5.93. The predicted molar refractivity (Wildman–Crippen MR) is 67.2 cm³/mol. The third-order valence-electron chi connectivity index (χ3n) is 2.55. The van der Waals surface area contributed by atoms with Crippen LogP contribution in [0.3, 0.4) is 0 Å². The molecule has 0 aliphatic rings. The summed E-state index contributed by atoms with van der Waals surface area (Å²) >= 11 is 0. The van der Waals surface area contributed by atoms with Gasteiger partial charge in [-0.2, -0.15) is 13.2 Å². The predicted octanol–water partition coefficient (Wildman–Crippen LogP) is 1.61. The molecule has 0 spiro atoms. The van der Waals surface area contributed by atoms with Gasteiger partial charge in [0.1, 0.15) is 17.1 Å². The van der Waals surface area contributed by atoms with Gasteiger partial charge in [-0.05, 0) is 18.6 Å². The Balaban J connectivity index is 2.84. The van der Waals surface area contributed by atoms with Crippen molar-refractivity contribution in [3.63, 3.8) is 0 Å². The molecule has 0 aliphatic carbocycles. The van der Waals surface area contributed by atoms with E-state index >= 15 is 0 Å². The maximum Gasteiger partial charge on any atom is 0.433 e. The summed E-state index contributed by atoms with van der Waals surface area (Å²) in [6.07, 6.45) is -5.30. The number of carboxylic acid groups (broad SMARTS) is 1. The molecule has 0 amide bonds. The lowest BCUT2D eigenvalue weighted by molar-refractivity contribution is -0.141. The normalized spacial score (nSPS) is 13.0. The zero-order valence-electron chi connectivity index (χ0n) is 11.1. The summed E-state index contributed by atoms with van der Waals surface area (Å²) in [5.74, 6) is -1.78. The van der Waals surface area contributed by atoms with E-state index in [0.29, 0.717) is 6.07 Å². The Hall–Kier alpha value is -1.87.